The second-order valence-corrected chi connectivity index (χ2v) is 8.67. The zero-order valence-electron chi connectivity index (χ0n) is 10.7. The minimum atomic E-state index is -5.48. The fraction of sp³-hybridized carbons (Fsp3) is 0.143. The summed E-state index contributed by atoms with van der Waals surface area (Å²) in [5.74, 6) is 0. The van der Waals surface area contributed by atoms with Crippen LogP contribution in [0, 0.1) is 12.3 Å². The van der Waals surface area contributed by atoms with Crippen molar-refractivity contribution in [3.63, 3.8) is 0 Å². The van der Waals surface area contributed by atoms with Gasteiger partial charge in [0.1, 0.15) is 4.90 Å². The van der Waals surface area contributed by atoms with Crippen molar-refractivity contribution < 1.29 is 51.3 Å². The number of rotatable bonds is 3. The molecule has 1 aromatic rings. The van der Waals surface area contributed by atoms with Gasteiger partial charge in [-0.25, -0.2) is 0 Å². The Hall–Kier alpha value is -0.860. The number of hydrogen-bond donors (Lipinski definition) is 3. The number of diazo groups is 1. The molecule has 11 nitrogen and oxygen atoms in total. The summed E-state index contributed by atoms with van der Waals surface area (Å²) in [6.07, 6.45) is 0. The lowest BCUT2D eigenvalue weighted by atomic mass is 10.2. The van der Waals surface area contributed by atoms with Gasteiger partial charge >= 0.3 is 25.9 Å². The largest absolute Gasteiger partial charge is 1.00 e. The maximum absolute atomic E-state index is 11.3. The van der Waals surface area contributed by atoms with Crippen LogP contribution in [-0.2, 0) is 30.4 Å². The molecule has 0 bridgehead atoms. The molecular weight excluding hydrogens is 468 g/mol. The Labute approximate surface area is 145 Å². The summed E-state index contributed by atoms with van der Waals surface area (Å²) in [4.78, 5) is -2.14. The van der Waals surface area contributed by atoms with Crippen molar-refractivity contribution in [2.24, 2.45) is 0 Å². The van der Waals surface area contributed by atoms with Crippen molar-refractivity contribution in [1.82, 2.24) is 0 Å². The maximum Gasteiger partial charge on any atom is 0.428 e. The Morgan fingerprint density at radius 2 is 1.22 bits per heavy atom. The molecule has 0 aliphatic rings. The Bertz CT molecular complexity index is 1020. The van der Waals surface area contributed by atoms with Crippen molar-refractivity contribution in [2.45, 2.75) is 21.6 Å². The summed E-state index contributed by atoms with van der Waals surface area (Å²) < 4.78 is 94.4. The lowest BCUT2D eigenvalue weighted by molar-refractivity contribution is -0.0000170. The van der Waals surface area contributed by atoms with Crippen molar-refractivity contribution in [2.75, 3.05) is 0 Å². The SMILES string of the molecule is Cc1c(Br)c(S(=O)(=O)O)c(S(=O)(=O)O)c([N+]#N)c1S(=O)(=O)O.[Cl-]. The molecular formula is C7H6BrClN2O9S3. The smallest absolute Gasteiger partial charge is 0.428 e. The zero-order chi connectivity index (χ0) is 17.7. The molecule has 0 unspecified atom stereocenters. The van der Waals surface area contributed by atoms with Crippen LogP contribution in [0.4, 0.5) is 5.69 Å². The first-order valence-corrected chi connectivity index (χ1v) is 9.89. The molecule has 1 rings (SSSR count). The standard InChI is InChI=1S/C7H5BrN2O9S3.ClH/c1-2-3(8)6(21(14,15)16)7(22(17,18)19)4(10-9)5(2)20(11,12)13;/h1H3,(H2-,11,12,13,14,15,16,17,18,19);1H. The van der Waals surface area contributed by atoms with Gasteiger partial charge in [-0.3, -0.25) is 13.7 Å². The first kappa shape index (κ1) is 22.1. The molecule has 0 aliphatic carbocycles. The van der Waals surface area contributed by atoms with E-state index in [0.717, 1.165) is 6.92 Å². The molecule has 0 aromatic heterocycles. The Balaban J connectivity index is 0.00000484. The van der Waals surface area contributed by atoms with Crippen LogP contribution in [0.5, 0.6) is 0 Å². The third-order valence-corrected chi connectivity index (χ3v) is 6.62. The summed E-state index contributed by atoms with van der Waals surface area (Å²) in [6.45, 7) is 0.921. The van der Waals surface area contributed by atoms with E-state index in [0.29, 0.717) is 0 Å². The van der Waals surface area contributed by atoms with E-state index in [1.54, 1.807) is 0 Å². The molecule has 16 heteroatoms. The molecule has 0 radical (unpaired) electrons. The van der Waals surface area contributed by atoms with Gasteiger partial charge in [0, 0.05) is 4.47 Å². The van der Waals surface area contributed by atoms with Gasteiger partial charge in [0.15, 0.2) is 9.87 Å². The van der Waals surface area contributed by atoms with Gasteiger partial charge < -0.3 is 12.4 Å². The van der Waals surface area contributed by atoms with E-state index in [9.17, 15) is 25.3 Å². The highest BCUT2D eigenvalue weighted by molar-refractivity contribution is 9.10. The van der Waals surface area contributed by atoms with Gasteiger partial charge in [0.25, 0.3) is 10.1 Å². The Morgan fingerprint density at radius 3 is 1.48 bits per heavy atom. The van der Waals surface area contributed by atoms with Gasteiger partial charge in [-0.2, -0.15) is 25.3 Å². The highest BCUT2D eigenvalue weighted by atomic mass is 79.9. The quantitative estimate of drug-likeness (QED) is 0.326. The van der Waals surface area contributed by atoms with Crippen LogP contribution in [0.15, 0.2) is 19.2 Å². The van der Waals surface area contributed by atoms with E-state index in [1.807, 2.05) is 0 Å². The molecule has 3 N–H and O–H groups in total. The fourth-order valence-corrected chi connectivity index (χ4v) is 5.91. The van der Waals surface area contributed by atoms with Crippen LogP contribution < -0.4 is 12.4 Å². The number of benzene rings is 1. The molecule has 0 amide bonds. The van der Waals surface area contributed by atoms with Gasteiger partial charge in [0.2, 0.25) is 10.3 Å². The van der Waals surface area contributed by atoms with E-state index in [2.05, 4.69) is 20.9 Å². The monoisotopic (exact) mass is 472 g/mol. The molecule has 1 aromatic carbocycles. The summed E-state index contributed by atoms with van der Waals surface area (Å²) in [6, 6.07) is 0. The number of halogens is 2. The molecule has 0 saturated heterocycles. The van der Waals surface area contributed by atoms with Crippen LogP contribution in [0.1, 0.15) is 5.56 Å². The lowest BCUT2D eigenvalue weighted by Gasteiger charge is -2.10. The number of nitrogens with zero attached hydrogens (tertiary/aromatic N) is 2. The van der Waals surface area contributed by atoms with Gasteiger partial charge in [0.05, 0.1) is 0 Å². The van der Waals surface area contributed by atoms with Crippen LogP contribution in [-0.4, -0.2) is 38.9 Å². The lowest BCUT2D eigenvalue weighted by Crippen LogP contribution is -3.00. The molecule has 0 spiro atoms. The van der Waals surface area contributed by atoms with Crippen LogP contribution in [0.3, 0.4) is 0 Å². The highest BCUT2D eigenvalue weighted by Gasteiger charge is 2.44. The second-order valence-electron chi connectivity index (χ2n) is 3.80. The van der Waals surface area contributed by atoms with E-state index < -0.39 is 60.8 Å². The molecule has 23 heavy (non-hydrogen) atoms. The fourth-order valence-electron chi connectivity index (χ4n) is 1.63. The van der Waals surface area contributed by atoms with Crippen molar-refractivity contribution in [3.8, 4) is 0 Å². The van der Waals surface area contributed by atoms with E-state index in [4.69, 9.17) is 19.1 Å². The van der Waals surface area contributed by atoms with E-state index in [1.165, 1.54) is 0 Å². The molecule has 0 aliphatic heterocycles. The average Bonchev–Trinajstić information content (AvgIpc) is 2.26. The normalized spacial score (nSPS) is 12.3. The minimum Gasteiger partial charge on any atom is -1.00 e. The van der Waals surface area contributed by atoms with E-state index in [-0.39, 0.29) is 12.4 Å². The van der Waals surface area contributed by atoms with E-state index >= 15 is 0 Å². The van der Waals surface area contributed by atoms with Gasteiger partial charge in [-0.15, -0.1) is 0 Å². The van der Waals surface area contributed by atoms with Crippen molar-refractivity contribution >= 4 is 52.0 Å². The molecule has 0 saturated carbocycles. The summed E-state index contributed by atoms with van der Waals surface area (Å²) >= 11 is 2.55. The Kier molecular flexibility index (Phi) is 6.32. The number of hydrogen-bond acceptors (Lipinski definition) is 7. The minimum absolute atomic E-state index is 0. The highest BCUT2D eigenvalue weighted by Crippen LogP contribution is 2.44. The van der Waals surface area contributed by atoms with Crippen LogP contribution >= 0.6 is 15.9 Å². The predicted octanol–water partition coefficient (Wildman–Crippen LogP) is -2.01. The van der Waals surface area contributed by atoms with Gasteiger partial charge in [-0.1, -0.05) is 0 Å². The second kappa shape index (κ2) is 6.57. The van der Waals surface area contributed by atoms with Crippen LogP contribution in [0.2, 0.25) is 0 Å². The molecule has 0 heterocycles. The Morgan fingerprint density at radius 1 is 0.870 bits per heavy atom. The first-order chi connectivity index (χ1) is 9.64. The first-order valence-electron chi connectivity index (χ1n) is 4.77. The maximum atomic E-state index is 11.3. The zero-order valence-corrected chi connectivity index (χ0v) is 15.5. The summed E-state index contributed by atoms with van der Waals surface area (Å²) in [7, 11) is -16.0. The molecule has 0 atom stereocenters. The summed E-state index contributed by atoms with van der Waals surface area (Å²) in [5.41, 5.74) is -2.06. The predicted molar refractivity (Wildman–Crippen MR) is 73.1 cm³/mol. The van der Waals surface area contributed by atoms with Crippen molar-refractivity contribution in [1.29, 1.82) is 5.39 Å². The third-order valence-electron chi connectivity index (χ3n) is 2.38. The topological polar surface area (TPSA) is 191 Å². The average molecular weight is 474 g/mol. The third kappa shape index (κ3) is 4.16. The molecule has 0 fully saturated rings. The summed E-state index contributed by atoms with van der Waals surface area (Å²) in [5, 5.41) is 8.81. The van der Waals surface area contributed by atoms with Gasteiger partial charge in [-0.05, 0) is 28.4 Å². The molecule has 130 valence electrons. The van der Waals surface area contributed by atoms with Crippen molar-refractivity contribution in [3.05, 3.63) is 15.0 Å². The van der Waals surface area contributed by atoms with Crippen LogP contribution in [0.25, 0.3) is 4.98 Å².